The summed E-state index contributed by atoms with van der Waals surface area (Å²) in [6, 6.07) is 21.3. The van der Waals surface area contributed by atoms with Crippen molar-refractivity contribution in [1.82, 2.24) is 0 Å². The lowest BCUT2D eigenvalue weighted by Gasteiger charge is -2.18. The summed E-state index contributed by atoms with van der Waals surface area (Å²) in [6.07, 6.45) is 1.75. The van der Waals surface area contributed by atoms with E-state index in [0.717, 1.165) is 22.6 Å². The molecule has 1 aliphatic rings. The van der Waals surface area contributed by atoms with E-state index in [1.165, 1.54) is 0 Å². The zero-order valence-electron chi connectivity index (χ0n) is 17.3. The van der Waals surface area contributed by atoms with Crippen molar-refractivity contribution in [2.75, 3.05) is 18.6 Å². The van der Waals surface area contributed by atoms with Crippen LogP contribution in [0, 0.1) is 0 Å². The Morgan fingerprint density at radius 2 is 1.58 bits per heavy atom. The number of benzene rings is 3. The van der Waals surface area contributed by atoms with Gasteiger partial charge in [-0.2, -0.15) is 0 Å². The Kier molecular flexibility index (Phi) is 5.71. The third kappa shape index (κ3) is 4.28. The van der Waals surface area contributed by atoms with Gasteiger partial charge in [-0.05, 0) is 79.2 Å². The molecule has 3 aromatic rings. The Morgan fingerprint density at radius 1 is 0.935 bits per heavy atom. The summed E-state index contributed by atoms with van der Waals surface area (Å²) in [5, 5.41) is 9.64. The Morgan fingerprint density at radius 3 is 2.19 bits per heavy atom. The van der Waals surface area contributed by atoms with Gasteiger partial charge in [-0.25, -0.2) is 4.99 Å². The molecule has 31 heavy (non-hydrogen) atoms. The van der Waals surface area contributed by atoms with E-state index in [4.69, 9.17) is 9.47 Å². The molecule has 1 N–H and O–H groups in total. The standard InChI is InChI=1S/C25H22N2O4/c1-3-31-22-12-4-17(5-13-22)16-23-25(29)27(19-8-10-20(28)11-9-19)24(26-23)18-6-14-21(30-2)15-7-18/h4-16,28H,3H2,1-2H3/b23-16+. The Hall–Kier alpha value is -4.06. The first-order chi connectivity index (χ1) is 15.1. The molecule has 0 unspecified atom stereocenters. The zero-order chi connectivity index (χ0) is 21.8. The van der Waals surface area contributed by atoms with Crippen LogP contribution >= 0.6 is 0 Å². The molecule has 0 spiro atoms. The van der Waals surface area contributed by atoms with Gasteiger partial charge in [0.1, 0.15) is 28.8 Å². The minimum Gasteiger partial charge on any atom is -0.508 e. The number of ether oxygens (including phenoxy) is 2. The molecule has 0 fully saturated rings. The van der Waals surface area contributed by atoms with Gasteiger partial charge in [-0.3, -0.25) is 9.69 Å². The first kappa shape index (κ1) is 20.2. The minimum absolute atomic E-state index is 0.128. The van der Waals surface area contributed by atoms with E-state index in [2.05, 4.69) is 4.99 Å². The molecule has 0 atom stereocenters. The van der Waals surface area contributed by atoms with Gasteiger partial charge < -0.3 is 14.6 Å². The average Bonchev–Trinajstić information content (AvgIpc) is 3.12. The van der Waals surface area contributed by atoms with Gasteiger partial charge in [-0.15, -0.1) is 0 Å². The first-order valence-electron chi connectivity index (χ1n) is 9.90. The number of hydrogen-bond donors (Lipinski definition) is 1. The van der Waals surface area contributed by atoms with Crippen LogP contribution in [0.1, 0.15) is 18.1 Å². The van der Waals surface area contributed by atoms with Crippen LogP contribution in [0.4, 0.5) is 5.69 Å². The van der Waals surface area contributed by atoms with E-state index < -0.39 is 0 Å². The van der Waals surface area contributed by atoms with Crippen molar-refractivity contribution in [1.29, 1.82) is 0 Å². The van der Waals surface area contributed by atoms with Crippen LogP contribution in [-0.2, 0) is 4.79 Å². The summed E-state index contributed by atoms with van der Waals surface area (Å²) in [7, 11) is 1.60. The predicted octanol–water partition coefficient (Wildman–Crippen LogP) is 4.63. The molecule has 0 bridgehead atoms. The highest BCUT2D eigenvalue weighted by Gasteiger charge is 2.32. The Bertz CT molecular complexity index is 1130. The summed E-state index contributed by atoms with van der Waals surface area (Å²) in [6.45, 7) is 2.52. The molecule has 1 heterocycles. The van der Waals surface area contributed by atoms with Crippen LogP contribution < -0.4 is 14.4 Å². The third-order valence-electron chi connectivity index (χ3n) is 4.81. The first-order valence-corrected chi connectivity index (χ1v) is 9.90. The number of anilines is 1. The third-order valence-corrected chi connectivity index (χ3v) is 4.81. The van der Waals surface area contributed by atoms with Crippen molar-refractivity contribution >= 4 is 23.5 Å². The van der Waals surface area contributed by atoms with Crippen molar-refractivity contribution in [3.05, 3.63) is 89.6 Å². The van der Waals surface area contributed by atoms with E-state index in [9.17, 15) is 9.90 Å². The van der Waals surface area contributed by atoms with E-state index in [1.54, 1.807) is 42.4 Å². The van der Waals surface area contributed by atoms with Crippen LogP contribution in [0.2, 0.25) is 0 Å². The van der Waals surface area contributed by atoms with Crippen molar-refractivity contribution in [2.45, 2.75) is 6.92 Å². The van der Waals surface area contributed by atoms with Gasteiger partial charge in [0.25, 0.3) is 5.91 Å². The molecular weight excluding hydrogens is 392 g/mol. The molecule has 6 heteroatoms. The quantitative estimate of drug-likeness (QED) is 0.597. The predicted molar refractivity (Wildman–Crippen MR) is 121 cm³/mol. The van der Waals surface area contributed by atoms with E-state index in [1.807, 2.05) is 55.5 Å². The summed E-state index contributed by atoms with van der Waals surface area (Å²) >= 11 is 0. The fourth-order valence-electron chi connectivity index (χ4n) is 3.28. The lowest BCUT2D eigenvalue weighted by molar-refractivity contribution is -0.113. The molecule has 156 valence electrons. The molecular formula is C25H22N2O4. The van der Waals surface area contributed by atoms with Crippen LogP contribution in [0.5, 0.6) is 17.2 Å². The Balaban J connectivity index is 1.74. The van der Waals surface area contributed by atoms with Crippen LogP contribution in [0.25, 0.3) is 6.08 Å². The van der Waals surface area contributed by atoms with Crippen LogP contribution in [-0.4, -0.2) is 30.6 Å². The number of phenolic OH excluding ortho intramolecular Hbond substituents is 1. The van der Waals surface area contributed by atoms with E-state index in [0.29, 0.717) is 23.8 Å². The zero-order valence-corrected chi connectivity index (χ0v) is 17.3. The van der Waals surface area contributed by atoms with Crippen molar-refractivity contribution in [3.63, 3.8) is 0 Å². The van der Waals surface area contributed by atoms with Gasteiger partial charge in [0.15, 0.2) is 0 Å². The lowest BCUT2D eigenvalue weighted by atomic mass is 10.1. The van der Waals surface area contributed by atoms with Crippen molar-refractivity contribution in [2.24, 2.45) is 4.99 Å². The number of carbonyl (C=O) groups is 1. The summed E-state index contributed by atoms with van der Waals surface area (Å²) in [5.74, 6) is 1.88. The molecule has 0 saturated carbocycles. The smallest absolute Gasteiger partial charge is 0.282 e. The number of hydrogen-bond acceptors (Lipinski definition) is 5. The largest absolute Gasteiger partial charge is 0.508 e. The molecule has 1 amide bonds. The monoisotopic (exact) mass is 414 g/mol. The molecule has 1 aliphatic heterocycles. The number of amides is 1. The number of amidine groups is 1. The molecule has 0 aliphatic carbocycles. The molecule has 3 aromatic carbocycles. The number of nitrogens with zero attached hydrogens (tertiary/aromatic N) is 2. The second-order valence-corrected chi connectivity index (χ2v) is 6.85. The van der Waals surface area contributed by atoms with Gasteiger partial charge in [-0.1, -0.05) is 12.1 Å². The second kappa shape index (κ2) is 8.75. The van der Waals surface area contributed by atoms with Crippen LogP contribution in [0.15, 0.2) is 83.5 Å². The number of rotatable bonds is 6. The summed E-state index contributed by atoms with van der Waals surface area (Å²) < 4.78 is 10.7. The number of aromatic hydroxyl groups is 1. The van der Waals surface area contributed by atoms with E-state index in [-0.39, 0.29) is 11.7 Å². The molecule has 0 aromatic heterocycles. The van der Waals surface area contributed by atoms with E-state index >= 15 is 0 Å². The van der Waals surface area contributed by atoms with Gasteiger partial charge in [0, 0.05) is 5.56 Å². The van der Waals surface area contributed by atoms with Crippen molar-refractivity contribution in [3.8, 4) is 17.2 Å². The molecule has 0 saturated heterocycles. The highest BCUT2D eigenvalue weighted by atomic mass is 16.5. The number of aliphatic imine (C=N–C) groups is 1. The number of carbonyl (C=O) groups excluding carboxylic acids is 1. The number of phenols is 1. The molecule has 4 rings (SSSR count). The summed E-state index contributed by atoms with van der Waals surface area (Å²) in [4.78, 5) is 19.5. The maximum absolute atomic E-state index is 13.3. The maximum Gasteiger partial charge on any atom is 0.282 e. The normalized spacial score (nSPS) is 14.6. The maximum atomic E-state index is 13.3. The molecule has 6 nitrogen and oxygen atoms in total. The average molecular weight is 414 g/mol. The van der Waals surface area contributed by atoms with Gasteiger partial charge >= 0.3 is 0 Å². The SMILES string of the molecule is CCOc1ccc(/C=C2/N=C(c3ccc(OC)cc3)N(c3ccc(O)cc3)C2=O)cc1. The fourth-order valence-corrected chi connectivity index (χ4v) is 3.28. The summed E-state index contributed by atoms with van der Waals surface area (Å²) in [5.41, 5.74) is 2.56. The fraction of sp³-hybridized carbons (Fsp3) is 0.120. The van der Waals surface area contributed by atoms with Crippen LogP contribution in [0.3, 0.4) is 0 Å². The van der Waals surface area contributed by atoms with Crippen molar-refractivity contribution < 1.29 is 19.4 Å². The molecule has 0 radical (unpaired) electrons. The van der Waals surface area contributed by atoms with Gasteiger partial charge in [0.05, 0.1) is 19.4 Å². The minimum atomic E-state index is -0.245. The highest BCUT2D eigenvalue weighted by molar-refractivity contribution is 6.33. The Labute approximate surface area is 180 Å². The van der Waals surface area contributed by atoms with Gasteiger partial charge in [0.2, 0.25) is 0 Å². The lowest BCUT2D eigenvalue weighted by Crippen LogP contribution is -2.32. The second-order valence-electron chi connectivity index (χ2n) is 6.85. The highest BCUT2D eigenvalue weighted by Crippen LogP contribution is 2.29. The topological polar surface area (TPSA) is 71.4 Å². The number of methoxy groups -OCH3 is 1.